The molecule has 8 nitrogen and oxygen atoms in total. The third kappa shape index (κ3) is 4.93. The van der Waals surface area contributed by atoms with Gasteiger partial charge in [0.1, 0.15) is 0 Å². The van der Waals surface area contributed by atoms with Crippen molar-refractivity contribution in [3.8, 4) is 0 Å². The van der Waals surface area contributed by atoms with Gasteiger partial charge >= 0.3 is 0 Å². The lowest BCUT2D eigenvalue weighted by Gasteiger charge is -2.14. The molecule has 1 heterocycles. The maximum atomic E-state index is 12.2. The summed E-state index contributed by atoms with van der Waals surface area (Å²) in [5.74, 6) is -0.308. The van der Waals surface area contributed by atoms with Gasteiger partial charge in [0.2, 0.25) is 15.9 Å². The Balaban J connectivity index is 2.12. The smallest absolute Gasteiger partial charge is 0.251 e. The van der Waals surface area contributed by atoms with Gasteiger partial charge in [-0.05, 0) is 31.5 Å². The predicted molar refractivity (Wildman–Crippen MR) is 101 cm³/mol. The molecule has 2 rings (SSSR count). The van der Waals surface area contributed by atoms with E-state index >= 15 is 0 Å². The molecular weight excluding hydrogens is 376 g/mol. The van der Waals surface area contributed by atoms with Gasteiger partial charge in [-0.1, -0.05) is 17.8 Å². The van der Waals surface area contributed by atoms with Gasteiger partial charge in [0.15, 0.2) is 5.16 Å². The van der Waals surface area contributed by atoms with Crippen molar-refractivity contribution in [1.29, 1.82) is 0 Å². The van der Waals surface area contributed by atoms with Crippen LogP contribution in [0, 0.1) is 13.8 Å². The molecule has 2 aromatic rings. The summed E-state index contributed by atoms with van der Waals surface area (Å²) in [5, 5.41) is 3.05. The molecule has 0 aliphatic carbocycles. The van der Waals surface area contributed by atoms with E-state index < -0.39 is 10.0 Å². The van der Waals surface area contributed by atoms with Crippen molar-refractivity contribution in [3.63, 3.8) is 0 Å². The molecule has 10 heteroatoms. The number of anilines is 1. The van der Waals surface area contributed by atoms with Crippen LogP contribution < -0.4 is 10.9 Å². The number of hydrogen-bond acceptors (Lipinski definition) is 6. The third-order valence-electron chi connectivity index (χ3n) is 3.45. The van der Waals surface area contributed by atoms with Gasteiger partial charge in [-0.2, -0.15) is 0 Å². The molecule has 26 heavy (non-hydrogen) atoms. The second-order valence-corrected chi connectivity index (χ2v) is 8.91. The summed E-state index contributed by atoms with van der Waals surface area (Å²) < 4.78 is 25.6. The van der Waals surface area contributed by atoms with E-state index in [-0.39, 0.29) is 22.1 Å². The molecule has 0 aliphatic rings. The maximum Gasteiger partial charge on any atom is 0.251 e. The minimum atomic E-state index is -3.59. The van der Waals surface area contributed by atoms with Crippen LogP contribution in [-0.4, -0.2) is 48.4 Å². The molecule has 0 atom stereocenters. The van der Waals surface area contributed by atoms with E-state index in [9.17, 15) is 18.0 Å². The molecule has 140 valence electrons. The SMILES string of the molecule is Cc1cc(=O)[nH]c(SCC(=O)Nc2cc(S(=O)(=O)N(C)C)ccc2C)n1. The van der Waals surface area contributed by atoms with E-state index in [0.717, 1.165) is 21.6 Å². The summed E-state index contributed by atoms with van der Waals surface area (Å²) in [6.45, 7) is 3.47. The molecule has 1 aromatic heterocycles. The number of rotatable bonds is 6. The fourth-order valence-corrected chi connectivity index (χ4v) is 3.70. The number of nitrogens with one attached hydrogen (secondary N) is 2. The van der Waals surface area contributed by atoms with Crippen LogP contribution in [-0.2, 0) is 14.8 Å². The lowest BCUT2D eigenvalue weighted by Crippen LogP contribution is -2.22. The second-order valence-electron chi connectivity index (χ2n) is 5.79. The number of carbonyl (C=O) groups is 1. The first-order valence-electron chi connectivity index (χ1n) is 7.63. The maximum absolute atomic E-state index is 12.2. The van der Waals surface area contributed by atoms with E-state index in [0.29, 0.717) is 16.5 Å². The number of aromatic amines is 1. The third-order valence-corrected chi connectivity index (χ3v) is 6.13. The first-order valence-corrected chi connectivity index (χ1v) is 10.1. The quantitative estimate of drug-likeness (QED) is 0.563. The minimum absolute atomic E-state index is 0.0243. The number of benzene rings is 1. The van der Waals surface area contributed by atoms with Gasteiger partial charge in [-0.25, -0.2) is 17.7 Å². The summed E-state index contributed by atoms with van der Waals surface area (Å²) in [6, 6.07) is 5.93. The first kappa shape index (κ1) is 20.1. The van der Waals surface area contributed by atoms with Crippen molar-refractivity contribution < 1.29 is 13.2 Å². The highest BCUT2D eigenvalue weighted by atomic mass is 32.2. The number of thioether (sulfide) groups is 1. The number of nitrogens with zero attached hydrogens (tertiary/aromatic N) is 2. The van der Waals surface area contributed by atoms with E-state index in [1.165, 1.54) is 32.3 Å². The van der Waals surface area contributed by atoms with Crippen molar-refractivity contribution in [1.82, 2.24) is 14.3 Å². The van der Waals surface area contributed by atoms with Crippen LogP contribution in [0.15, 0.2) is 39.1 Å². The van der Waals surface area contributed by atoms with Crippen LogP contribution in [0.2, 0.25) is 0 Å². The largest absolute Gasteiger partial charge is 0.325 e. The number of aryl methyl sites for hydroxylation is 2. The summed E-state index contributed by atoms with van der Waals surface area (Å²) in [6.07, 6.45) is 0. The molecule has 0 aliphatic heterocycles. The van der Waals surface area contributed by atoms with Gasteiger partial charge in [0, 0.05) is 31.5 Å². The highest BCUT2D eigenvalue weighted by Gasteiger charge is 2.18. The Morgan fingerprint density at radius 1 is 1.27 bits per heavy atom. The molecule has 0 unspecified atom stereocenters. The molecule has 1 amide bonds. The molecular formula is C16H20N4O4S2. The Kier molecular flexibility index (Phi) is 6.21. The molecule has 0 bridgehead atoms. The Morgan fingerprint density at radius 2 is 1.96 bits per heavy atom. The molecule has 1 aromatic carbocycles. The Hall–Kier alpha value is -2.17. The van der Waals surface area contributed by atoms with Crippen LogP contribution in [0.4, 0.5) is 5.69 Å². The number of sulfonamides is 1. The van der Waals surface area contributed by atoms with Gasteiger partial charge < -0.3 is 10.3 Å². The van der Waals surface area contributed by atoms with Crippen LogP contribution in [0.3, 0.4) is 0 Å². The van der Waals surface area contributed by atoms with E-state index in [2.05, 4.69) is 15.3 Å². The summed E-state index contributed by atoms with van der Waals surface area (Å²) in [7, 11) is -0.701. The van der Waals surface area contributed by atoms with Gasteiger partial charge in [-0.15, -0.1) is 0 Å². The zero-order chi connectivity index (χ0) is 19.5. The van der Waals surface area contributed by atoms with Crippen LogP contribution >= 0.6 is 11.8 Å². The monoisotopic (exact) mass is 396 g/mol. The number of carbonyl (C=O) groups excluding carboxylic acids is 1. The van der Waals surface area contributed by atoms with Crippen LogP contribution in [0.25, 0.3) is 0 Å². The van der Waals surface area contributed by atoms with Crippen molar-refractivity contribution in [2.45, 2.75) is 23.9 Å². The molecule has 0 radical (unpaired) electrons. The predicted octanol–water partition coefficient (Wildman–Crippen LogP) is 1.37. The normalized spacial score (nSPS) is 11.6. The Labute approximate surface area is 156 Å². The topological polar surface area (TPSA) is 112 Å². The van der Waals surface area contributed by atoms with E-state index in [4.69, 9.17) is 0 Å². The van der Waals surface area contributed by atoms with Crippen molar-refractivity contribution >= 4 is 33.4 Å². The zero-order valence-corrected chi connectivity index (χ0v) is 16.5. The first-order chi connectivity index (χ1) is 12.1. The van der Waals surface area contributed by atoms with E-state index in [1.807, 2.05) is 0 Å². The van der Waals surface area contributed by atoms with Crippen LogP contribution in [0.5, 0.6) is 0 Å². The van der Waals surface area contributed by atoms with Crippen molar-refractivity contribution in [2.24, 2.45) is 0 Å². The lowest BCUT2D eigenvalue weighted by atomic mass is 10.2. The second kappa shape index (κ2) is 8.02. The van der Waals surface area contributed by atoms with Gasteiger partial charge in [0.25, 0.3) is 5.56 Å². The standard InChI is InChI=1S/C16H20N4O4S2/c1-10-5-6-12(26(23,24)20(3)4)8-13(10)18-15(22)9-25-16-17-11(2)7-14(21)19-16/h5-8H,9H2,1-4H3,(H,18,22)(H,17,19,21). The average Bonchev–Trinajstić information content (AvgIpc) is 2.54. The van der Waals surface area contributed by atoms with Crippen molar-refractivity contribution in [2.75, 3.05) is 25.2 Å². The average molecular weight is 396 g/mol. The molecule has 0 fully saturated rings. The Bertz CT molecular complexity index is 984. The summed E-state index contributed by atoms with van der Waals surface area (Å²) >= 11 is 1.09. The number of aromatic nitrogens is 2. The fraction of sp³-hybridized carbons (Fsp3) is 0.312. The highest BCUT2D eigenvalue weighted by molar-refractivity contribution is 7.99. The highest BCUT2D eigenvalue weighted by Crippen LogP contribution is 2.22. The summed E-state index contributed by atoms with van der Waals surface area (Å²) in [4.78, 5) is 30.4. The molecule has 0 saturated heterocycles. The Morgan fingerprint density at radius 3 is 2.58 bits per heavy atom. The van der Waals surface area contributed by atoms with Crippen molar-refractivity contribution in [3.05, 3.63) is 45.9 Å². The van der Waals surface area contributed by atoms with E-state index in [1.54, 1.807) is 19.9 Å². The van der Waals surface area contributed by atoms with Gasteiger partial charge in [-0.3, -0.25) is 9.59 Å². The fourth-order valence-electron chi connectivity index (χ4n) is 2.05. The van der Waals surface area contributed by atoms with Gasteiger partial charge in [0.05, 0.1) is 10.6 Å². The number of H-pyrrole nitrogens is 1. The molecule has 0 spiro atoms. The number of amides is 1. The zero-order valence-electron chi connectivity index (χ0n) is 14.9. The lowest BCUT2D eigenvalue weighted by molar-refractivity contribution is -0.113. The molecule has 0 saturated carbocycles. The number of hydrogen-bond donors (Lipinski definition) is 2. The molecule has 2 N–H and O–H groups in total. The minimum Gasteiger partial charge on any atom is -0.325 e. The summed E-state index contributed by atoms with van der Waals surface area (Å²) in [5.41, 5.74) is 1.44. The van der Waals surface area contributed by atoms with Crippen LogP contribution in [0.1, 0.15) is 11.3 Å².